The van der Waals surface area contributed by atoms with Crippen molar-refractivity contribution in [1.82, 2.24) is 0 Å². The molecule has 0 saturated heterocycles. The molecule has 2 aromatic carbocycles. The third kappa shape index (κ3) is 3.30. The van der Waals surface area contributed by atoms with E-state index in [0.29, 0.717) is 11.1 Å². The fourth-order valence-electron chi connectivity index (χ4n) is 2.69. The van der Waals surface area contributed by atoms with Crippen LogP contribution in [0.15, 0.2) is 48.5 Å². The van der Waals surface area contributed by atoms with Gasteiger partial charge in [-0.1, -0.05) is 45.0 Å². The molecule has 0 aromatic heterocycles. The molecule has 0 heterocycles. The van der Waals surface area contributed by atoms with E-state index in [1.807, 2.05) is 48.5 Å². The van der Waals surface area contributed by atoms with Crippen molar-refractivity contribution in [2.45, 2.75) is 26.7 Å². The summed E-state index contributed by atoms with van der Waals surface area (Å²) in [7, 11) is 0. The Hall–Kier alpha value is -2.58. The number of nitriles is 2. The van der Waals surface area contributed by atoms with Crippen molar-refractivity contribution in [3.8, 4) is 12.1 Å². The van der Waals surface area contributed by atoms with Gasteiger partial charge in [-0.15, -0.1) is 0 Å². The summed E-state index contributed by atoms with van der Waals surface area (Å²) in [5, 5.41) is 17.8. The van der Waals surface area contributed by atoms with Crippen LogP contribution >= 0.6 is 0 Å². The quantitative estimate of drug-likeness (QED) is 0.803. The second kappa shape index (κ2) is 5.81. The molecule has 0 fully saturated rings. The topological polar surface area (TPSA) is 47.6 Å². The molecule has 0 saturated carbocycles. The lowest BCUT2D eigenvalue weighted by Crippen LogP contribution is -2.19. The van der Waals surface area contributed by atoms with Crippen molar-refractivity contribution in [2.24, 2.45) is 5.41 Å². The van der Waals surface area contributed by atoms with E-state index >= 15 is 0 Å². The van der Waals surface area contributed by atoms with Crippen LogP contribution in [0.3, 0.4) is 0 Å². The molecule has 104 valence electrons. The van der Waals surface area contributed by atoms with Crippen LogP contribution in [-0.2, 0) is 0 Å². The van der Waals surface area contributed by atoms with Crippen molar-refractivity contribution in [3.63, 3.8) is 0 Å². The monoisotopic (exact) mass is 274 g/mol. The highest BCUT2D eigenvalue weighted by Crippen LogP contribution is 2.40. The summed E-state index contributed by atoms with van der Waals surface area (Å²) in [6.07, 6.45) is 0. The molecule has 2 heteroatoms. The maximum atomic E-state index is 8.92. The van der Waals surface area contributed by atoms with Gasteiger partial charge in [0.25, 0.3) is 0 Å². The molecule has 0 aliphatic carbocycles. The predicted molar refractivity (Wildman–Crippen MR) is 83.6 cm³/mol. The lowest BCUT2D eigenvalue weighted by Gasteiger charge is -2.32. The Bertz CT molecular complexity index is 632. The van der Waals surface area contributed by atoms with Gasteiger partial charge in [0.05, 0.1) is 23.3 Å². The molecular weight excluding hydrogens is 256 g/mol. The molecule has 0 aliphatic heterocycles. The average Bonchev–Trinajstić information content (AvgIpc) is 2.47. The van der Waals surface area contributed by atoms with Gasteiger partial charge in [-0.25, -0.2) is 0 Å². The van der Waals surface area contributed by atoms with E-state index in [-0.39, 0.29) is 11.3 Å². The van der Waals surface area contributed by atoms with Gasteiger partial charge in [-0.2, -0.15) is 10.5 Å². The third-order valence-electron chi connectivity index (χ3n) is 3.61. The second-order valence-corrected chi connectivity index (χ2v) is 6.27. The maximum absolute atomic E-state index is 8.92. The van der Waals surface area contributed by atoms with Crippen LogP contribution in [0.5, 0.6) is 0 Å². The van der Waals surface area contributed by atoms with E-state index < -0.39 is 0 Å². The molecule has 21 heavy (non-hydrogen) atoms. The Kier molecular flexibility index (Phi) is 4.10. The van der Waals surface area contributed by atoms with Crippen molar-refractivity contribution in [2.75, 3.05) is 0 Å². The Labute approximate surface area is 126 Å². The second-order valence-electron chi connectivity index (χ2n) is 6.27. The van der Waals surface area contributed by atoms with Gasteiger partial charge in [0, 0.05) is 5.92 Å². The molecule has 0 aliphatic rings. The summed E-state index contributed by atoms with van der Waals surface area (Å²) < 4.78 is 0. The van der Waals surface area contributed by atoms with Crippen LogP contribution < -0.4 is 0 Å². The standard InChI is InChI=1S/C19H18N2/c1-19(2,3)18(16-8-4-14(12-20)5-9-16)17-10-6-15(13-21)7-11-17/h4-11,18H,1-3H3. The minimum Gasteiger partial charge on any atom is -0.192 e. The zero-order valence-corrected chi connectivity index (χ0v) is 12.6. The molecule has 2 nitrogen and oxygen atoms in total. The Balaban J connectivity index is 2.47. The zero-order valence-electron chi connectivity index (χ0n) is 12.6. The first-order valence-electron chi connectivity index (χ1n) is 6.96. The number of hydrogen-bond donors (Lipinski definition) is 0. The van der Waals surface area contributed by atoms with Crippen molar-refractivity contribution < 1.29 is 0 Å². The summed E-state index contributed by atoms with van der Waals surface area (Å²) in [6.45, 7) is 6.61. The highest BCUT2D eigenvalue weighted by molar-refractivity contribution is 5.41. The largest absolute Gasteiger partial charge is 0.192 e. The SMILES string of the molecule is CC(C)(C)C(c1ccc(C#N)cc1)c1ccc(C#N)cc1. The fraction of sp³-hybridized carbons (Fsp3) is 0.263. The molecule has 0 unspecified atom stereocenters. The summed E-state index contributed by atoms with van der Waals surface area (Å²) >= 11 is 0. The van der Waals surface area contributed by atoms with Gasteiger partial charge in [0.15, 0.2) is 0 Å². The third-order valence-corrected chi connectivity index (χ3v) is 3.61. The molecule has 0 radical (unpaired) electrons. The molecule has 2 aromatic rings. The summed E-state index contributed by atoms with van der Waals surface area (Å²) in [6, 6.07) is 19.8. The smallest absolute Gasteiger partial charge is 0.0991 e. The average molecular weight is 274 g/mol. The lowest BCUT2D eigenvalue weighted by atomic mass is 9.72. The number of rotatable bonds is 2. The van der Waals surface area contributed by atoms with Crippen LogP contribution in [0.4, 0.5) is 0 Å². The molecule has 0 spiro atoms. The van der Waals surface area contributed by atoms with Gasteiger partial charge in [0.1, 0.15) is 0 Å². The van der Waals surface area contributed by atoms with Crippen molar-refractivity contribution in [1.29, 1.82) is 10.5 Å². The van der Waals surface area contributed by atoms with E-state index in [9.17, 15) is 0 Å². The zero-order chi connectivity index (χ0) is 15.5. The summed E-state index contributed by atoms with van der Waals surface area (Å²) in [5.41, 5.74) is 3.76. The highest BCUT2D eigenvalue weighted by atomic mass is 14.3. The van der Waals surface area contributed by atoms with Gasteiger partial charge in [-0.3, -0.25) is 0 Å². The molecular formula is C19H18N2. The van der Waals surface area contributed by atoms with Gasteiger partial charge in [-0.05, 0) is 40.8 Å². The summed E-state index contributed by atoms with van der Waals surface area (Å²) in [5.74, 6) is 0.220. The summed E-state index contributed by atoms with van der Waals surface area (Å²) in [4.78, 5) is 0. The Morgan fingerprint density at radius 1 is 0.714 bits per heavy atom. The molecule has 0 amide bonds. The van der Waals surface area contributed by atoms with E-state index in [1.54, 1.807) is 0 Å². The Morgan fingerprint density at radius 2 is 1.05 bits per heavy atom. The van der Waals surface area contributed by atoms with E-state index in [1.165, 1.54) is 11.1 Å². The number of benzene rings is 2. The maximum Gasteiger partial charge on any atom is 0.0991 e. The minimum atomic E-state index is 0.0440. The van der Waals surface area contributed by atoms with Gasteiger partial charge in [0.2, 0.25) is 0 Å². The van der Waals surface area contributed by atoms with Crippen molar-refractivity contribution >= 4 is 0 Å². The van der Waals surface area contributed by atoms with E-state index in [2.05, 4.69) is 32.9 Å². The fourth-order valence-corrected chi connectivity index (χ4v) is 2.69. The molecule has 2 rings (SSSR count). The van der Waals surface area contributed by atoms with E-state index in [4.69, 9.17) is 10.5 Å². The van der Waals surface area contributed by atoms with Crippen LogP contribution in [0.25, 0.3) is 0 Å². The van der Waals surface area contributed by atoms with E-state index in [0.717, 1.165) is 0 Å². The first-order valence-corrected chi connectivity index (χ1v) is 6.96. The first kappa shape index (κ1) is 14.8. The molecule has 0 N–H and O–H groups in total. The predicted octanol–water partition coefficient (Wildman–Crippen LogP) is 4.61. The van der Waals surface area contributed by atoms with Crippen LogP contribution in [0.1, 0.15) is 48.9 Å². The van der Waals surface area contributed by atoms with Crippen LogP contribution in [0.2, 0.25) is 0 Å². The number of nitrogens with zero attached hydrogens (tertiary/aromatic N) is 2. The normalized spacial score (nSPS) is 11.0. The van der Waals surface area contributed by atoms with Crippen LogP contribution in [-0.4, -0.2) is 0 Å². The lowest BCUT2D eigenvalue weighted by molar-refractivity contribution is 0.358. The van der Waals surface area contributed by atoms with Crippen LogP contribution in [0, 0.1) is 28.1 Å². The Morgan fingerprint density at radius 3 is 1.29 bits per heavy atom. The highest BCUT2D eigenvalue weighted by Gasteiger charge is 2.27. The van der Waals surface area contributed by atoms with Gasteiger partial charge < -0.3 is 0 Å². The minimum absolute atomic E-state index is 0.0440. The molecule has 0 bridgehead atoms. The van der Waals surface area contributed by atoms with Gasteiger partial charge >= 0.3 is 0 Å². The van der Waals surface area contributed by atoms with Crippen molar-refractivity contribution in [3.05, 3.63) is 70.8 Å². The molecule has 0 atom stereocenters. The number of hydrogen-bond acceptors (Lipinski definition) is 2. The first-order chi connectivity index (χ1) is 9.95.